The third-order valence-electron chi connectivity index (χ3n) is 2.81. The lowest BCUT2D eigenvalue weighted by atomic mass is 9.93. The number of nitrogens with zero attached hydrogens (tertiary/aromatic N) is 1. The molecule has 0 aliphatic heterocycles. The van der Waals surface area contributed by atoms with E-state index in [-0.39, 0.29) is 5.41 Å². The molecule has 18 heavy (non-hydrogen) atoms. The maximum Gasteiger partial charge on any atom is 0.200 e. The van der Waals surface area contributed by atoms with E-state index in [0.717, 1.165) is 22.1 Å². The Balaban J connectivity index is 2.24. The van der Waals surface area contributed by atoms with E-state index < -0.39 is 0 Å². The van der Waals surface area contributed by atoms with E-state index in [2.05, 4.69) is 57.2 Å². The van der Waals surface area contributed by atoms with Crippen molar-refractivity contribution in [2.45, 2.75) is 40.0 Å². The van der Waals surface area contributed by atoms with Gasteiger partial charge in [-0.05, 0) is 31.0 Å². The molecular weight excluding hydrogens is 242 g/mol. The highest BCUT2D eigenvalue weighted by Gasteiger charge is 2.18. The summed E-state index contributed by atoms with van der Waals surface area (Å²) >= 11 is 1.41. The zero-order valence-electron chi connectivity index (χ0n) is 11.6. The van der Waals surface area contributed by atoms with Crippen LogP contribution in [-0.4, -0.2) is 4.37 Å². The van der Waals surface area contributed by atoms with Crippen LogP contribution in [0.5, 0.6) is 10.8 Å². The van der Waals surface area contributed by atoms with E-state index in [0.29, 0.717) is 0 Å². The smallest absolute Gasteiger partial charge is 0.200 e. The van der Waals surface area contributed by atoms with Crippen molar-refractivity contribution in [3.05, 3.63) is 41.1 Å². The van der Waals surface area contributed by atoms with Crippen LogP contribution < -0.4 is 4.74 Å². The van der Waals surface area contributed by atoms with Crippen LogP contribution in [-0.2, 0) is 5.41 Å². The molecule has 2 nitrogen and oxygen atoms in total. The molecule has 0 unspecified atom stereocenters. The van der Waals surface area contributed by atoms with Gasteiger partial charge in [0.15, 0.2) is 5.06 Å². The minimum atomic E-state index is 0.0692. The van der Waals surface area contributed by atoms with E-state index in [1.807, 2.05) is 6.07 Å². The molecular formula is C15H19NOS. The van der Waals surface area contributed by atoms with Gasteiger partial charge in [-0.2, -0.15) is 4.37 Å². The summed E-state index contributed by atoms with van der Waals surface area (Å²) in [6, 6.07) is 8.27. The Bertz CT molecular complexity index is 552. The van der Waals surface area contributed by atoms with Gasteiger partial charge in [-0.25, -0.2) is 0 Å². The van der Waals surface area contributed by atoms with Crippen molar-refractivity contribution in [3.8, 4) is 10.8 Å². The van der Waals surface area contributed by atoms with Gasteiger partial charge in [0.05, 0.1) is 5.69 Å². The second-order valence-corrected chi connectivity index (χ2v) is 6.42. The topological polar surface area (TPSA) is 22.1 Å². The zero-order chi connectivity index (χ0) is 13.3. The van der Waals surface area contributed by atoms with Crippen molar-refractivity contribution in [3.63, 3.8) is 0 Å². The summed E-state index contributed by atoms with van der Waals surface area (Å²) in [7, 11) is 0. The first kappa shape index (κ1) is 13.1. The summed E-state index contributed by atoms with van der Waals surface area (Å²) in [4.78, 5) is 0. The van der Waals surface area contributed by atoms with Crippen molar-refractivity contribution in [2.75, 3.05) is 0 Å². The Morgan fingerprint density at radius 1 is 1.11 bits per heavy atom. The third kappa shape index (κ3) is 2.91. The summed E-state index contributed by atoms with van der Waals surface area (Å²) < 4.78 is 10.4. The predicted molar refractivity (Wildman–Crippen MR) is 76.8 cm³/mol. The standard InChI is InChI=1S/C15H19NOS/c1-10-6-7-11(2)12(8-10)17-14-9-13(16-18-14)15(3,4)5/h6-9H,1-5H3. The molecule has 0 aliphatic rings. The normalized spacial score (nSPS) is 11.6. The minimum Gasteiger partial charge on any atom is -0.445 e. The number of ether oxygens (including phenoxy) is 1. The summed E-state index contributed by atoms with van der Waals surface area (Å²) in [5, 5.41) is 0.855. The van der Waals surface area contributed by atoms with Gasteiger partial charge in [0.1, 0.15) is 5.75 Å². The molecule has 2 aromatic rings. The van der Waals surface area contributed by atoms with Gasteiger partial charge in [-0.1, -0.05) is 32.9 Å². The second kappa shape index (κ2) is 4.73. The molecule has 0 amide bonds. The monoisotopic (exact) mass is 261 g/mol. The van der Waals surface area contributed by atoms with Crippen molar-refractivity contribution < 1.29 is 4.74 Å². The van der Waals surface area contributed by atoms with Gasteiger partial charge in [-0.3, -0.25) is 0 Å². The summed E-state index contributed by atoms with van der Waals surface area (Å²) in [6.07, 6.45) is 0. The SMILES string of the molecule is Cc1ccc(C)c(Oc2cc(C(C)(C)C)ns2)c1. The minimum absolute atomic E-state index is 0.0692. The maximum atomic E-state index is 5.92. The molecule has 0 saturated heterocycles. The highest BCUT2D eigenvalue weighted by Crippen LogP contribution is 2.33. The van der Waals surface area contributed by atoms with Gasteiger partial charge in [0.25, 0.3) is 0 Å². The molecule has 0 radical (unpaired) electrons. The van der Waals surface area contributed by atoms with E-state index in [1.165, 1.54) is 17.1 Å². The maximum absolute atomic E-state index is 5.92. The van der Waals surface area contributed by atoms with Crippen LogP contribution in [0.25, 0.3) is 0 Å². The van der Waals surface area contributed by atoms with Crippen molar-refractivity contribution in [1.29, 1.82) is 0 Å². The van der Waals surface area contributed by atoms with E-state index in [1.54, 1.807) is 0 Å². The molecule has 0 aliphatic carbocycles. The number of rotatable bonds is 2. The molecule has 0 fully saturated rings. The fourth-order valence-electron chi connectivity index (χ4n) is 1.59. The third-order valence-corrected chi connectivity index (χ3v) is 3.48. The Morgan fingerprint density at radius 3 is 2.44 bits per heavy atom. The average molecular weight is 261 g/mol. The van der Waals surface area contributed by atoms with Crippen LogP contribution >= 0.6 is 11.5 Å². The number of benzene rings is 1. The lowest BCUT2D eigenvalue weighted by Crippen LogP contribution is -2.10. The van der Waals surface area contributed by atoms with Gasteiger partial charge < -0.3 is 4.74 Å². The van der Waals surface area contributed by atoms with Crippen LogP contribution in [0, 0.1) is 13.8 Å². The van der Waals surface area contributed by atoms with Gasteiger partial charge in [0.2, 0.25) is 0 Å². The molecule has 3 heteroatoms. The largest absolute Gasteiger partial charge is 0.445 e. The number of hydrogen-bond donors (Lipinski definition) is 0. The number of aromatic nitrogens is 1. The van der Waals surface area contributed by atoms with E-state index >= 15 is 0 Å². The summed E-state index contributed by atoms with van der Waals surface area (Å²) in [5.74, 6) is 0.916. The van der Waals surface area contributed by atoms with E-state index in [9.17, 15) is 0 Å². The molecule has 0 N–H and O–H groups in total. The molecule has 1 heterocycles. The molecule has 0 atom stereocenters. The number of aryl methyl sites for hydroxylation is 2. The lowest BCUT2D eigenvalue weighted by Gasteiger charge is -2.13. The Morgan fingerprint density at radius 2 is 1.83 bits per heavy atom. The molecule has 0 saturated carbocycles. The van der Waals surface area contributed by atoms with Crippen LogP contribution in [0.2, 0.25) is 0 Å². The second-order valence-electron chi connectivity index (χ2n) is 5.65. The van der Waals surface area contributed by atoms with Crippen LogP contribution in [0.1, 0.15) is 37.6 Å². The zero-order valence-corrected chi connectivity index (χ0v) is 12.4. The highest BCUT2D eigenvalue weighted by molar-refractivity contribution is 7.07. The fourth-order valence-corrected chi connectivity index (χ4v) is 2.39. The van der Waals surface area contributed by atoms with Crippen LogP contribution in [0.15, 0.2) is 24.3 Å². The van der Waals surface area contributed by atoms with Crippen LogP contribution in [0.4, 0.5) is 0 Å². The first-order valence-electron chi connectivity index (χ1n) is 6.08. The van der Waals surface area contributed by atoms with Gasteiger partial charge in [-0.15, -0.1) is 0 Å². The van der Waals surface area contributed by atoms with Crippen molar-refractivity contribution in [1.82, 2.24) is 4.37 Å². The first-order chi connectivity index (χ1) is 8.36. The molecule has 96 valence electrons. The Hall–Kier alpha value is -1.35. The quantitative estimate of drug-likeness (QED) is 0.771. The predicted octanol–water partition coefficient (Wildman–Crippen LogP) is 4.85. The lowest BCUT2D eigenvalue weighted by molar-refractivity contribution is 0.489. The van der Waals surface area contributed by atoms with Crippen molar-refractivity contribution in [2.24, 2.45) is 0 Å². The van der Waals surface area contributed by atoms with Gasteiger partial charge >= 0.3 is 0 Å². The summed E-state index contributed by atoms with van der Waals surface area (Å²) in [5.41, 5.74) is 3.50. The Kier molecular flexibility index (Phi) is 3.44. The number of hydrogen-bond acceptors (Lipinski definition) is 3. The molecule has 1 aromatic heterocycles. The molecule has 0 spiro atoms. The molecule has 0 bridgehead atoms. The fraction of sp³-hybridized carbons (Fsp3) is 0.400. The van der Waals surface area contributed by atoms with Crippen molar-refractivity contribution >= 4 is 11.5 Å². The first-order valence-corrected chi connectivity index (χ1v) is 6.86. The van der Waals surface area contributed by atoms with Gasteiger partial charge in [0, 0.05) is 23.0 Å². The van der Waals surface area contributed by atoms with E-state index in [4.69, 9.17) is 4.74 Å². The highest BCUT2D eigenvalue weighted by atomic mass is 32.1. The summed E-state index contributed by atoms with van der Waals surface area (Å²) in [6.45, 7) is 10.6. The van der Waals surface area contributed by atoms with Crippen LogP contribution in [0.3, 0.4) is 0 Å². The average Bonchev–Trinajstić information content (AvgIpc) is 2.71. The molecule has 1 aromatic carbocycles. The molecule has 2 rings (SSSR count). The Labute approximate surface area is 113 Å².